The predicted molar refractivity (Wildman–Crippen MR) is 68.3 cm³/mol. The van der Waals surface area contributed by atoms with E-state index in [4.69, 9.17) is 11.6 Å². The quantitative estimate of drug-likeness (QED) is 0.826. The molecule has 0 aliphatic rings. The third kappa shape index (κ3) is 2.33. The fourth-order valence-electron chi connectivity index (χ4n) is 1.29. The van der Waals surface area contributed by atoms with E-state index < -0.39 is 0 Å². The van der Waals surface area contributed by atoms with Crippen LogP contribution in [-0.2, 0) is 0 Å². The Kier molecular flexibility index (Phi) is 3.29. The third-order valence-electron chi connectivity index (χ3n) is 2.30. The molecule has 1 unspecified atom stereocenters. The first kappa shape index (κ1) is 10.9. The van der Waals surface area contributed by atoms with E-state index >= 15 is 0 Å². The Bertz CT molecular complexity index is 424. The van der Waals surface area contributed by atoms with Crippen LogP contribution in [0.15, 0.2) is 22.9 Å². The van der Waals surface area contributed by atoms with Crippen LogP contribution < -0.4 is 4.90 Å². The molecule has 2 nitrogen and oxygen atoms in total. The normalized spacial score (nSPS) is 12.7. The zero-order valence-electron chi connectivity index (χ0n) is 8.48. The van der Waals surface area contributed by atoms with Crippen molar-refractivity contribution in [3.05, 3.63) is 32.9 Å². The Morgan fingerprint density at radius 1 is 1.47 bits per heavy atom. The number of hydrogen-bond acceptors (Lipinski definition) is 4. The highest BCUT2D eigenvalue weighted by atomic mass is 35.5. The van der Waals surface area contributed by atoms with Crippen molar-refractivity contribution in [2.75, 3.05) is 11.9 Å². The Morgan fingerprint density at radius 2 is 2.27 bits per heavy atom. The number of aromatic nitrogens is 1. The van der Waals surface area contributed by atoms with E-state index in [-0.39, 0.29) is 0 Å². The van der Waals surface area contributed by atoms with Gasteiger partial charge in [0.05, 0.1) is 6.04 Å². The van der Waals surface area contributed by atoms with Crippen LogP contribution in [-0.4, -0.2) is 12.0 Å². The fourth-order valence-corrected chi connectivity index (χ4v) is 3.11. The number of nitrogens with zero attached hydrogens (tertiary/aromatic N) is 2. The molecule has 0 aromatic carbocycles. The number of rotatable bonds is 3. The summed E-state index contributed by atoms with van der Waals surface area (Å²) < 4.78 is 0. The van der Waals surface area contributed by atoms with Gasteiger partial charge in [-0.25, -0.2) is 4.98 Å². The first-order valence-corrected chi connectivity index (χ1v) is 6.69. The molecule has 2 heterocycles. The largest absolute Gasteiger partial charge is 0.344 e. The van der Waals surface area contributed by atoms with Gasteiger partial charge in [0.1, 0.15) is 5.15 Å². The van der Waals surface area contributed by atoms with Gasteiger partial charge in [-0.1, -0.05) is 17.7 Å². The summed E-state index contributed by atoms with van der Waals surface area (Å²) in [5.74, 6) is 0. The monoisotopic (exact) mass is 258 g/mol. The summed E-state index contributed by atoms with van der Waals surface area (Å²) in [6.45, 7) is 2.17. The molecule has 2 aromatic rings. The minimum absolute atomic E-state index is 0.340. The minimum Gasteiger partial charge on any atom is -0.344 e. The van der Waals surface area contributed by atoms with Crippen LogP contribution in [0.1, 0.15) is 17.8 Å². The van der Waals surface area contributed by atoms with Gasteiger partial charge in [0, 0.05) is 17.3 Å². The van der Waals surface area contributed by atoms with Gasteiger partial charge in [0.2, 0.25) is 0 Å². The molecule has 0 fully saturated rings. The lowest BCUT2D eigenvalue weighted by Crippen LogP contribution is -2.20. The van der Waals surface area contributed by atoms with Crippen LogP contribution in [0, 0.1) is 0 Å². The highest BCUT2D eigenvalue weighted by Gasteiger charge is 2.15. The lowest BCUT2D eigenvalue weighted by molar-refractivity contribution is 0.751. The number of anilines is 1. The van der Waals surface area contributed by atoms with Crippen molar-refractivity contribution in [3.8, 4) is 0 Å². The van der Waals surface area contributed by atoms with Crippen molar-refractivity contribution in [1.29, 1.82) is 0 Å². The van der Waals surface area contributed by atoms with Crippen molar-refractivity contribution in [3.63, 3.8) is 0 Å². The van der Waals surface area contributed by atoms with Crippen LogP contribution in [0.5, 0.6) is 0 Å². The molecule has 0 spiro atoms. The Hall–Kier alpha value is -0.580. The van der Waals surface area contributed by atoms with Crippen LogP contribution in [0.4, 0.5) is 5.13 Å². The molecule has 0 saturated heterocycles. The molecule has 15 heavy (non-hydrogen) atoms. The second-order valence-electron chi connectivity index (χ2n) is 3.26. The molecule has 0 aliphatic heterocycles. The predicted octanol–water partition coefficient (Wildman–Crippen LogP) is 4.06. The van der Waals surface area contributed by atoms with Crippen LogP contribution >= 0.6 is 34.3 Å². The van der Waals surface area contributed by atoms with Gasteiger partial charge in [0.25, 0.3) is 0 Å². The zero-order valence-corrected chi connectivity index (χ0v) is 10.9. The molecule has 80 valence electrons. The van der Waals surface area contributed by atoms with E-state index in [9.17, 15) is 0 Å². The van der Waals surface area contributed by atoms with Gasteiger partial charge in [-0.3, -0.25) is 0 Å². The van der Waals surface area contributed by atoms with E-state index in [2.05, 4.69) is 34.3 Å². The van der Waals surface area contributed by atoms with Crippen molar-refractivity contribution in [2.24, 2.45) is 0 Å². The van der Waals surface area contributed by atoms with Crippen molar-refractivity contribution in [1.82, 2.24) is 4.98 Å². The van der Waals surface area contributed by atoms with Crippen molar-refractivity contribution >= 4 is 39.4 Å². The van der Waals surface area contributed by atoms with Gasteiger partial charge in [0.15, 0.2) is 5.13 Å². The molecule has 5 heteroatoms. The number of halogens is 1. The van der Waals surface area contributed by atoms with Crippen molar-refractivity contribution in [2.45, 2.75) is 13.0 Å². The maximum absolute atomic E-state index is 5.81. The minimum atomic E-state index is 0.340. The van der Waals surface area contributed by atoms with Gasteiger partial charge >= 0.3 is 0 Å². The third-order valence-corrected chi connectivity index (χ3v) is 4.60. The summed E-state index contributed by atoms with van der Waals surface area (Å²) in [4.78, 5) is 7.73. The van der Waals surface area contributed by atoms with Gasteiger partial charge < -0.3 is 4.90 Å². The molecule has 0 radical (unpaired) electrons. The summed E-state index contributed by atoms with van der Waals surface area (Å²) in [6, 6.07) is 4.55. The molecule has 0 bridgehead atoms. The van der Waals surface area contributed by atoms with Gasteiger partial charge in [-0.05, 0) is 18.4 Å². The molecular weight excluding hydrogens is 248 g/mol. The van der Waals surface area contributed by atoms with E-state index in [0.717, 1.165) is 5.13 Å². The smallest absolute Gasteiger partial charge is 0.187 e. The standard InChI is InChI=1S/C10H11ClN2S2/c1-7(8-4-3-5-14-8)13(2)10-12-9(11)6-15-10/h3-7H,1-2H3. The summed E-state index contributed by atoms with van der Waals surface area (Å²) in [5, 5.41) is 5.48. The first-order valence-electron chi connectivity index (χ1n) is 4.55. The van der Waals surface area contributed by atoms with Crippen LogP contribution in [0.3, 0.4) is 0 Å². The lowest BCUT2D eigenvalue weighted by atomic mass is 10.2. The summed E-state index contributed by atoms with van der Waals surface area (Å²) in [7, 11) is 2.04. The van der Waals surface area contributed by atoms with E-state index in [1.807, 2.05) is 12.4 Å². The second-order valence-corrected chi connectivity index (χ2v) is 5.46. The number of thiazole rings is 1. The zero-order chi connectivity index (χ0) is 10.8. The highest BCUT2D eigenvalue weighted by molar-refractivity contribution is 7.14. The topological polar surface area (TPSA) is 16.1 Å². The van der Waals surface area contributed by atoms with Crippen LogP contribution in [0.2, 0.25) is 5.15 Å². The van der Waals surface area contributed by atoms with E-state index in [1.54, 1.807) is 22.7 Å². The Labute approximate surface area is 102 Å². The molecule has 2 rings (SSSR count). The number of hydrogen-bond donors (Lipinski definition) is 0. The average molecular weight is 259 g/mol. The van der Waals surface area contributed by atoms with E-state index in [1.165, 1.54) is 4.88 Å². The SMILES string of the molecule is CC(c1cccs1)N(C)c1nc(Cl)cs1. The molecule has 2 aromatic heterocycles. The summed E-state index contributed by atoms with van der Waals surface area (Å²) >= 11 is 9.14. The molecule has 0 amide bonds. The second kappa shape index (κ2) is 4.51. The molecule has 0 N–H and O–H groups in total. The molecular formula is C10H11ClN2S2. The lowest BCUT2D eigenvalue weighted by Gasteiger charge is -2.22. The average Bonchev–Trinajstić information content (AvgIpc) is 2.85. The molecule has 0 aliphatic carbocycles. The highest BCUT2D eigenvalue weighted by Crippen LogP contribution is 2.31. The summed E-state index contributed by atoms with van der Waals surface area (Å²) in [6.07, 6.45) is 0. The maximum Gasteiger partial charge on any atom is 0.187 e. The Balaban J connectivity index is 2.18. The molecule has 1 atom stereocenters. The van der Waals surface area contributed by atoms with E-state index in [0.29, 0.717) is 11.2 Å². The van der Waals surface area contributed by atoms with Gasteiger partial charge in [-0.15, -0.1) is 22.7 Å². The summed E-state index contributed by atoms with van der Waals surface area (Å²) in [5.41, 5.74) is 0. The van der Waals surface area contributed by atoms with Crippen LogP contribution in [0.25, 0.3) is 0 Å². The first-order chi connectivity index (χ1) is 7.18. The maximum atomic E-state index is 5.81. The Morgan fingerprint density at radius 3 is 2.80 bits per heavy atom. The number of thiophene rings is 1. The van der Waals surface area contributed by atoms with Crippen molar-refractivity contribution < 1.29 is 0 Å². The van der Waals surface area contributed by atoms with Gasteiger partial charge in [-0.2, -0.15) is 0 Å². The fraction of sp³-hybridized carbons (Fsp3) is 0.300. The molecule has 0 saturated carbocycles.